The minimum atomic E-state index is -0.603. The molecule has 0 aliphatic carbocycles. The smallest absolute Gasteiger partial charge is 0.300 e. The lowest BCUT2D eigenvalue weighted by Gasteiger charge is -2.16. The van der Waals surface area contributed by atoms with E-state index in [1.54, 1.807) is 7.05 Å². The monoisotopic (exact) mass is 280 g/mol. The summed E-state index contributed by atoms with van der Waals surface area (Å²) in [7, 11) is 1.64. The number of hydrogen-bond donors (Lipinski definition) is 2. The Labute approximate surface area is 117 Å². The minimum absolute atomic E-state index is 0.0185. The van der Waals surface area contributed by atoms with Crippen molar-refractivity contribution in [1.29, 1.82) is 0 Å². The van der Waals surface area contributed by atoms with Crippen LogP contribution < -0.4 is 10.6 Å². The number of pyridine rings is 1. The number of anilines is 1. The summed E-state index contributed by atoms with van der Waals surface area (Å²) in [6.07, 6.45) is 1.90. The van der Waals surface area contributed by atoms with Gasteiger partial charge in [-0.25, -0.2) is 4.98 Å². The van der Waals surface area contributed by atoms with Gasteiger partial charge in [-0.2, -0.15) is 0 Å². The summed E-state index contributed by atoms with van der Waals surface area (Å²) in [6.45, 7) is 5.98. The first-order valence-electron chi connectivity index (χ1n) is 6.48. The molecule has 1 aromatic heterocycles. The third kappa shape index (κ3) is 4.18. The van der Waals surface area contributed by atoms with E-state index in [0.29, 0.717) is 11.7 Å². The van der Waals surface area contributed by atoms with E-state index >= 15 is 0 Å². The van der Waals surface area contributed by atoms with Gasteiger partial charge in [0.2, 0.25) is 0 Å². The number of hydrogen-bond acceptors (Lipinski definition) is 5. The van der Waals surface area contributed by atoms with E-state index in [2.05, 4.69) is 29.5 Å². The highest BCUT2D eigenvalue weighted by molar-refractivity contribution is 5.98. The first-order chi connectivity index (χ1) is 9.35. The molecular formula is C13H20N4O3. The molecule has 1 aromatic rings. The SMILES string of the molecule is CNc1cc(C(=O)NC(C)CC(C)C)c([N+](=O)[O-])cn1. The molecule has 0 spiro atoms. The quantitative estimate of drug-likeness (QED) is 0.615. The number of carbonyl (C=O) groups excluding carboxylic acids is 1. The molecule has 7 nitrogen and oxygen atoms in total. The highest BCUT2D eigenvalue weighted by Gasteiger charge is 2.22. The summed E-state index contributed by atoms with van der Waals surface area (Å²) in [6, 6.07) is 1.34. The van der Waals surface area contributed by atoms with E-state index in [0.717, 1.165) is 12.6 Å². The first kappa shape index (κ1) is 15.9. The van der Waals surface area contributed by atoms with E-state index in [1.807, 2.05) is 6.92 Å². The lowest BCUT2D eigenvalue weighted by atomic mass is 10.0. The third-order valence-corrected chi connectivity index (χ3v) is 2.78. The zero-order valence-corrected chi connectivity index (χ0v) is 12.1. The van der Waals surface area contributed by atoms with E-state index in [4.69, 9.17) is 0 Å². The Kier molecular flexibility index (Phi) is 5.42. The van der Waals surface area contributed by atoms with Crippen molar-refractivity contribution in [1.82, 2.24) is 10.3 Å². The normalized spacial score (nSPS) is 12.1. The standard InChI is InChI=1S/C13H20N4O3/c1-8(2)5-9(3)16-13(18)10-6-12(14-4)15-7-11(10)17(19)20/h6-9H,5H2,1-4H3,(H,14,15)(H,16,18). The van der Waals surface area contributed by atoms with Gasteiger partial charge < -0.3 is 10.6 Å². The van der Waals surface area contributed by atoms with E-state index in [1.165, 1.54) is 6.07 Å². The molecule has 0 radical (unpaired) electrons. The summed E-state index contributed by atoms with van der Waals surface area (Å²) in [5.41, 5.74) is -0.275. The number of aromatic nitrogens is 1. The maximum absolute atomic E-state index is 12.2. The molecule has 2 N–H and O–H groups in total. The Balaban J connectivity index is 2.98. The Morgan fingerprint density at radius 1 is 1.45 bits per heavy atom. The fourth-order valence-electron chi connectivity index (χ4n) is 1.98. The molecule has 0 aromatic carbocycles. The summed E-state index contributed by atoms with van der Waals surface area (Å²) < 4.78 is 0. The predicted molar refractivity (Wildman–Crippen MR) is 76.8 cm³/mol. The van der Waals surface area contributed by atoms with Gasteiger partial charge in [-0.15, -0.1) is 0 Å². The third-order valence-electron chi connectivity index (χ3n) is 2.78. The Bertz CT molecular complexity index is 502. The first-order valence-corrected chi connectivity index (χ1v) is 6.48. The minimum Gasteiger partial charge on any atom is -0.373 e. The number of nitro groups is 1. The number of amides is 1. The fourth-order valence-corrected chi connectivity index (χ4v) is 1.98. The molecule has 0 aliphatic rings. The van der Waals surface area contributed by atoms with Gasteiger partial charge in [0.25, 0.3) is 11.6 Å². The van der Waals surface area contributed by atoms with Gasteiger partial charge in [0.15, 0.2) is 0 Å². The molecular weight excluding hydrogens is 260 g/mol. The van der Waals surface area contributed by atoms with Crippen molar-refractivity contribution >= 4 is 17.4 Å². The zero-order chi connectivity index (χ0) is 15.3. The average Bonchev–Trinajstić information content (AvgIpc) is 2.36. The van der Waals surface area contributed by atoms with Crippen LogP contribution in [0.3, 0.4) is 0 Å². The molecule has 0 saturated carbocycles. The van der Waals surface area contributed by atoms with Gasteiger partial charge in [0.1, 0.15) is 17.6 Å². The van der Waals surface area contributed by atoms with Crippen LogP contribution in [0, 0.1) is 16.0 Å². The molecule has 7 heteroatoms. The van der Waals surface area contributed by atoms with E-state index < -0.39 is 10.8 Å². The van der Waals surface area contributed by atoms with Crippen LogP contribution in [-0.4, -0.2) is 28.9 Å². The average molecular weight is 280 g/mol. The molecule has 0 aliphatic heterocycles. The highest BCUT2D eigenvalue weighted by Crippen LogP contribution is 2.20. The van der Waals surface area contributed by atoms with E-state index in [-0.39, 0.29) is 17.3 Å². The van der Waals surface area contributed by atoms with Crippen molar-refractivity contribution in [2.45, 2.75) is 33.2 Å². The van der Waals surface area contributed by atoms with Crippen LogP contribution in [0.4, 0.5) is 11.5 Å². The van der Waals surface area contributed by atoms with Crippen LogP contribution in [-0.2, 0) is 0 Å². The molecule has 1 amide bonds. The molecule has 1 unspecified atom stereocenters. The van der Waals surface area contributed by atoms with Crippen LogP contribution in [0.2, 0.25) is 0 Å². The van der Waals surface area contributed by atoms with Crippen molar-refractivity contribution in [2.24, 2.45) is 5.92 Å². The van der Waals surface area contributed by atoms with Crippen molar-refractivity contribution in [3.05, 3.63) is 27.9 Å². The maximum atomic E-state index is 12.2. The molecule has 0 fully saturated rings. The number of rotatable bonds is 6. The van der Waals surface area contributed by atoms with Crippen molar-refractivity contribution in [3.63, 3.8) is 0 Å². The summed E-state index contributed by atoms with van der Waals surface area (Å²) >= 11 is 0. The lowest BCUT2D eigenvalue weighted by molar-refractivity contribution is -0.385. The number of carbonyl (C=O) groups is 1. The summed E-state index contributed by atoms with van der Waals surface area (Å²) in [5, 5.41) is 16.5. The van der Waals surface area contributed by atoms with Gasteiger partial charge in [0.05, 0.1) is 4.92 Å². The topological polar surface area (TPSA) is 97.2 Å². The van der Waals surface area contributed by atoms with Gasteiger partial charge in [0, 0.05) is 19.2 Å². The van der Waals surface area contributed by atoms with Gasteiger partial charge in [-0.3, -0.25) is 14.9 Å². The highest BCUT2D eigenvalue weighted by atomic mass is 16.6. The largest absolute Gasteiger partial charge is 0.373 e. The van der Waals surface area contributed by atoms with Gasteiger partial charge in [-0.05, 0) is 19.3 Å². The fraction of sp³-hybridized carbons (Fsp3) is 0.538. The Hall–Kier alpha value is -2.18. The van der Waals surface area contributed by atoms with Crippen molar-refractivity contribution < 1.29 is 9.72 Å². The molecule has 0 bridgehead atoms. The predicted octanol–water partition coefficient (Wildman–Crippen LogP) is 2.20. The Morgan fingerprint density at radius 3 is 2.60 bits per heavy atom. The molecule has 1 rings (SSSR count). The maximum Gasteiger partial charge on any atom is 0.300 e. The second kappa shape index (κ2) is 6.83. The number of nitrogens with zero attached hydrogens (tertiary/aromatic N) is 2. The van der Waals surface area contributed by atoms with Gasteiger partial charge >= 0.3 is 0 Å². The molecule has 110 valence electrons. The number of nitrogens with one attached hydrogen (secondary N) is 2. The van der Waals surface area contributed by atoms with E-state index in [9.17, 15) is 14.9 Å². The van der Waals surface area contributed by atoms with Crippen LogP contribution in [0.1, 0.15) is 37.6 Å². The van der Waals surface area contributed by atoms with Crippen LogP contribution in [0.15, 0.2) is 12.3 Å². The summed E-state index contributed by atoms with van der Waals surface area (Å²) in [5.74, 6) is 0.395. The molecule has 0 saturated heterocycles. The van der Waals surface area contributed by atoms with Crippen molar-refractivity contribution in [2.75, 3.05) is 12.4 Å². The molecule has 1 atom stereocenters. The van der Waals surface area contributed by atoms with Gasteiger partial charge in [-0.1, -0.05) is 13.8 Å². The zero-order valence-electron chi connectivity index (χ0n) is 12.1. The lowest BCUT2D eigenvalue weighted by Crippen LogP contribution is -2.34. The van der Waals surface area contributed by atoms with Crippen LogP contribution in [0.5, 0.6) is 0 Å². The van der Waals surface area contributed by atoms with Crippen molar-refractivity contribution in [3.8, 4) is 0 Å². The second-order valence-electron chi connectivity index (χ2n) is 5.10. The summed E-state index contributed by atoms with van der Waals surface area (Å²) in [4.78, 5) is 26.4. The molecule has 1 heterocycles. The Morgan fingerprint density at radius 2 is 2.10 bits per heavy atom. The van der Waals surface area contributed by atoms with Crippen LogP contribution >= 0.6 is 0 Å². The second-order valence-corrected chi connectivity index (χ2v) is 5.10. The van der Waals surface area contributed by atoms with Crippen LogP contribution in [0.25, 0.3) is 0 Å². The molecule has 20 heavy (non-hydrogen) atoms.